The van der Waals surface area contributed by atoms with Crippen LogP contribution in [-0.2, 0) is 13.0 Å². The third kappa shape index (κ3) is 2.99. The second-order valence-corrected chi connectivity index (χ2v) is 5.90. The van der Waals surface area contributed by atoms with E-state index in [0.29, 0.717) is 6.54 Å². The molecule has 6 heteroatoms. The van der Waals surface area contributed by atoms with Crippen LogP contribution in [0.2, 0.25) is 0 Å². The summed E-state index contributed by atoms with van der Waals surface area (Å²) < 4.78 is 10.7. The molecule has 5 nitrogen and oxygen atoms in total. The fourth-order valence-corrected chi connectivity index (χ4v) is 3.04. The highest BCUT2D eigenvalue weighted by atomic mass is 35.5. The highest BCUT2D eigenvalue weighted by Gasteiger charge is 2.18. The van der Waals surface area contributed by atoms with Gasteiger partial charge in [0, 0.05) is 31.4 Å². The van der Waals surface area contributed by atoms with E-state index in [4.69, 9.17) is 9.47 Å². The van der Waals surface area contributed by atoms with Crippen LogP contribution in [0.3, 0.4) is 0 Å². The molecular weight excluding hydrogens is 328 g/mol. The summed E-state index contributed by atoms with van der Waals surface area (Å²) in [6, 6.07) is 11.6. The predicted octanol–water partition coefficient (Wildman–Crippen LogP) is 3.08. The van der Waals surface area contributed by atoms with Crippen molar-refractivity contribution in [2.75, 3.05) is 25.7 Å². The number of fused-ring (bicyclic) bond motifs is 2. The van der Waals surface area contributed by atoms with Crippen molar-refractivity contribution < 1.29 is 14.3 Å². The lowest BCUT2D eigenvalue weighted by molar-refractivity contribution is 0.0785. The second-order valence-electron chi connectivity index (χ2n) is 5.90. The van der Waals surface area contributed by atoms with E-state index in [-0.39, 0.29) is 25.1 Å². The van der Waals surface area contributed by atoms with E-state index in [1.165, 1.54) is 5.56 Å². The standard InChI is InChI=1S/C18H18N2O3.ClH/c1-20(10-12-2-5-16-17(8-12)23-11-22-16)18(21)14-3-4-15-13(9-14)6-7-19-15;/h2-5,8-9,19H,6-7,10-11H2,1H3;1H. The van der Waals surface area contributed by atoms with E-state index in [2.05, 4.69) is 5.32 Å². The van der Waals surface area contributed by atoms with Crippen molar-refractivity contribution in [2.45, 2.75) is 13.0 Å². The molecule has 0 radical (unpaired) electrons. The number of amides is 1. The summed E-state index contributed by atoms with van der Waals surface area (Å²) in [7, 11) is 1.82. The lowest BCUT2D eigenvalue weighted by atomic mass is 10.1. The van der Waals surface area contributed by atoms with Gasteiger partial charge in [-0.05, 0) is 47.9 Å². The van der Waals surface area contributed by atoms with Crippen LogP contribution in [0.1, 0.15) is 21.5 Å². The zero-order chi connectivity index (χ0) is 15.8. The highest BCUT2D eigenvalue weighted by molar-refractivity contribution is 5.95. The zero-order valence-electron chi connectivity index (χ0n) is 13.4. The maximum absolute atomic E-state index is 12.6. The first kappa shape index (κ1) is 16.5. The van der Waals surface area contributed by atoms with Gasteiger partial charge in [0.25, 0.3) is 5.91 Å². The number of nitrogens with one attached hydrogen (secondary N) is 1. The number of carbonyl (C=O) groups excluding carboxylic acids is 1. The smallest absolute Gasteiger partial charge is 0.253 e. The summed E-state index contributed by atoms with van der Waals surface area (Å²) in [5.41, 5.74) is 4.11. The van der Waals surface area contributed by atoms with E-state index >= 15 is 0 Å². The monoisotopic (exact) mass is 346 g/mol. The maximum atomic E-state index is 12.6. The Morgan fingerprint density at radius 3 is 2.88 bits per heavy atom. The quantitative estimate of drug-likeness (QED) is 0.928. The molecular formula is C18H19ClN2O3. The van der Waals surface area contributed by atoms with E-state index in [9.17, 15) is 4.79 Å². The highest BCUT2D eigenvalue weighted by Crippen LogP contribution is 2.33. The van der Waals surface area contributed by atoms with Gasteiger partial charge in [-0.2, -0.15) is 0 Å². The van der Waals surface area contributed by atoms with Gasteiger partial charge in [0.05, 0.1) is 0 Å². The molecule has 24 heavy (non-hydrogen) atoms. The fourth-order valence-electron chi connectivity index (χ4n) is 3.04. The number of nitrogens with zero attached hydrogens (tertiary/aromatic N) is 1. The normalized spacial score (nSPS) is 13.7. The molecule has 2 aromatic carbocycles. The number of carbonyl (C=O) groups is 1. The average Bonchev–Trinajstić information content (AvgIpc) is 3.21. The van der Waals surface area contributed by atoms with Crippen molar-refractivity contribution >= 4 is 24.0 Å². The summed E-state index contributed by atoms with van der Waals surface area (Å²) in [6.07, 6.45) is 0.975. The zero-order valence-corrected chi connectivity index (χ0v) is 14.2. The molecule has 0 spiro atoms. The molecule has 2 aliphatic rings. The molecule has 1 amide bonds. The van der Waals surface area contributed by atoms with Gasteiger partial charge in [-0.15, -0.1) is 12.4 Å². The SMILES string of the molecule is CN(Cc1ccc2c(c1)OCO2)C(=O)c1ccc2c(c1)CCN2.Cl. The summed E-state index contributed by atoms with van der Waals surface area (Å²) in [4.78, 5) is 14.4. The van der Waals surface area contributed by atoms with Crippen molar-refractivity contribution in [2.24, 2.45) is 0 Å². The molecule has 0 aliphatic carbocycles. The minimum absolute atomic E-state index is 0. The molecule has 0 saturated carbocycles. The molecule has 0 fully saturated rings. The van der Waals surface area contributed by atoms with Crippen LogP contribution >= 0.6 is 12.4 Å². The lowest BCUT2D eigenvalue weighted by Gasteiger charge is -2.18. The third-order valence-electron chi connectivity index (χ3n) is 4.27. The van der Waals surface area contributed by atoms with Gasteiger partial charge >= 0.3 is 0 Å². The van der Waals surface area contributed by atoms with Crippen molar-refractivity contribution in [3.05, 3.63) is 53.1 Å². The van der Waals surface area contributed by atoms with Gasteiger partial charge in [-0.1, -0.05) is 6.07 Å². The fraction of sp³-hybridized carbons (Fsp3) is 0.278. The number of hydrogen-bond donors (Lipinski definition) is 1. The Morgan fingerprint density at radius 2 is 2.00 bits per heavy atom. The van der Waals surface area contributed by atoms with Crippen LogP contribution in [0.15, 0.2) is 36.4 Å². The molecule has 2 aliphatic heterocycles. The van der Waals surface area contributed by atoms with Gasteiger partial charge in [0.1, 0.15) is 0 Å². The van der Waals surface area contributed by atoms with Gasteiger partial charge in [0.2, 0.25) is 6.79 Å². The molecule has 126 valence electrons. The van der Waals surface area contributed by atoms with Gasteiger partial charge < -0.3 is 19.7 Å². The van der Waals surface area contributed by atoms with Crippen LogP contribution in [0.5, 0.6) is 11.5 Å². The van der Waals surface area contributed by atoms with Gasteiger partial charge in [0.15, 0.2) is 11.5 Å². The first-order chi connectivity index (χ1) is 11.2. The first-order valence-electron chi connectivity index (χ1n) is 7.71. The van der Waals surface area contributed by atoms with Crippen LogP contribution in [0.25, 0.3) is 0 Å². The van der Waals surface area contributed by atoms with E-state index in [1.807, 2.05) is 43.4 Å². The first-order valence-corrected chi connectivity index (χ1v) is 7.71. The number of benzene rings is 2. The molecule has 2 aromatic rings. The molecule has 0 bridgehead atoms. The predicted molar refractivity (Wildman–Crippen MR) is 94.2 cm³/mol. The van der Waals surface area contributed by atoms with E-state index in [1.54, 1.807) is 4.90 Å². The van der Waals surface area contributed by atoms with Gasteiger partial charge in [-0.3, -0.25) is 4.79 Å². The summed E-state index contributed by atoms with van der Waals surface area (Å²) in [5, 5.41) is 3.31. The Hall–Kier alpha value is -2.40. The molecule has 4 rings (SSSR count). The molecule has 2 heterocycles. The number of hydrogen-bond acceptors (Lipinski definition) is 4. The Bertz CT molecular complexity index is 779. The topological polar surface area (TPSA) is 50.8 Å². The summed E-state index contributed by atoms with van der Waals surface area (Å²) >= 11 is 0. The third-order valence-corrected chi connectivity index (χ3v) is 4.27. The van der Waals surface area contributed by atoms with E-state index < -0.39 is 0 Å². The van der Waals surface area contributed by atoms with Crippen molar-refractivity contribution in [1.82, 2.24) is 4.90 Å². The number of halogens is 1. The number of rotatable bonds is 3. The molecule has 1 N–H and O–H groups in total. The van der Waals surface area contributed by atoms with Gasteiger partial charge in [-0.25, -0.2) is 0 Å². The van der Waals surface area contributed by atoms with Crippen molar-refractivity contribution in [1.29, 1.82) is 0 Å². The van der Waals surface area contributed by atoms with Crippen LogP contribution in [0, 0.1) is 0 Å². The molecule has 0 atom stereocenters. The van der Waals surface area contributed by atoms with Crippen LogP contribution in [-0.4, -0.2) is 31.2 Å². The minimum Gasteiger partial charge on any atom is -0.454 e. The summed E-state index contributed by atoms with van der Waals surface area (Å²) in [5.74, 6) is 1.53. The molecule has 0 unspecified atom stereocenters. The van der Waals surface area contributed by atoms with Crippen LogP contribution in [0.4, 0.5) is 5.69 Å². The van der Waals surface area contributed by atoms with Crippen molar-refractivity contribution in [3.63, 3.8) is 0 Å². The largest absolute Gasteiger partial charge is 0.454 e. The Morgan fingerprint density at radius 1 is 1.17 bits per heavy atom. The van der Waals surface area contributed by atoms with Crippen molar-refractivity contribution in [3.8, 4) is 11.5 Å². The molecule has 0 aromatic heterocycles. The average molecular weight is 347 g/mol. The molecule has 0 saturated heterocycles. The van der Waals surface area contributed by atoms with Crippen LogP contribution < -0.4 is 14.8 Å². The lowest BCUT2D eigenvalue weighted by Crippen LogP contribution is -2.26. The Kier molecular flexibility index (Phi) is 4.53. The Labute approximate surface area is 147 Å². The minimum atomic E-state index is 0. The second kappa shape index (κ2) is 6.61. The number of anilines is 1. The maximum Gasteiger partial charge on any atom is 0.253 e. The number of ether oxygens (including phenoxy) is 2. The van der Waals surface area contributed by atoms with E-state index in [0.717, 1.165) is 41.3 Å². The summed E-state index contributed by atoms with van der Waals surface area (Å²) in [6.45, 7) is 1.74. The Balaban J connectivity index is 0.00000169.